The number of rotatable bonds is 5. The third kappa shape index (κ3) is 4.75. The van der Waals surface area contributed by atoms with E-state index in [0.717, 1.165) is 6.08 Å². The smallest absolute Gasteiger partial charge is 0.327 e. The van der Waals surface area contributed by atoms with E-state index in [1.807, 2.05) is 20.7 Å². The molecule has 0 radical (unpaired) electrons. The van der Waals surface area contributed by atoms with Crippen LogP contribution in [0.15, 0.2) is 42.0 Å². The fraction of sp³-hybridized carbons (Fsp3) is 0.542. The van der Waals surface area contributed by atoms with Crippen molar-refractivity contribution < 1.29 is 22.6 Å². The Morgan fingerprint density at radius 3 is 2.34 bits per heavy atom. The molecule has 1 aromatic carbocycles. The minimum absolute atomic E-state index is 0.0370. The Labute approximate surface area is 189 Å². The molecular formula is C24H32BF3N2O2. The van der Waals surface area contributed by atoms with Gasteiger partial charge in [0.1, 0.15) is 17.5 Å². The van der Waals surface area contributed by atoms with Gasteiger partial charge in [-0.1, -0.05) is 33.7 Å². The average molecular weight is 448 g/mol. The van der Waals surface area contributed by atoms with Crippen LogP contribution in [0.1, 0.15) is 41.0 Å². The zero-order valence-electron chi connectivity index (χ0n) is 19.9. The predicted octanol–water partition coefficient (Wildman–Crippen LogP) is 5.46. The Morgan fingerprint density at radius 2 is 1.78 bits per heavy atom. The van der Waals surface area contributed by atoms with Gasteiger partial charge in [-0.3, -0.25) is 4.90 Å². The molecule has 2 unspecified atom stereocenters. The molecule has 4 nitrogen and oxygen atoms in total. The molecule has 32 heavy (non-hydrogen) atoms. The molecule has 0 aromatic heterocycles. The highest BCUT2D eigenvalue weighted by molar-refractivity contribution is 6.66. The number of likely N-dealkylation sites (N-methyl/N-ethyl adjacent to an activating group) is 1. The van der Waals surface area contributed by atoms with Crippen molar-refractivity contribution in [3.05, 3.63) is 47.8 Å². The fourth-order valence-electron chi connectivity index (χ4n) is 4.05. The molecule has 1 aliphatic carbocycles. The standard InChI is InChI=1S/C24H32BF3N2O2/c1-23(2,3)24(4,5)32-25(6)19-9-8-18(13-20(19)28)30-14-21(29(7)22(30)31)15-10-16(26)12-17(27)11-15/h8-10,12-13,15,21H,11,14H2,1-7H3. The summed E-state index contributed by atoms with van der Waals surface area (Å²) in [7, 11) is 1.60. The summed E-state index contributed by atoms with van der Waals surface area (Å²) in [6.45, 7) is 11.7. The van der Waals surface area contributed by atoms with Crippen molar-refractivity contribution in [3.8, 4) is 0 Å². The zero-order valence-corrected chi connectivity index (χ0v) is 19.9. The van der Waals surface area contributed by atoms with Crippen molar-refractivity contribution in [2.24, 2.45) is 11.3 Å². The van der Waals surface area contributed by atoms with Crippen molar-refractivity contribution in [3.63, 3.8) is 0 Å². The van der Waals surface area contributed by atoms with Crippen molar-refractivity contribution in [2.45, 2.75) is 59.5 Å². The maximum Gasteiger partial charge on any atom is 0.327 e. The largest absolute Gasteiger partial charge is 0.426 e. The van der Waals surface area contributed by atoms with E-state index in [1.165, 1.54) is 21.9 Å². The average Bonchev–Trinajstić information content (AvgIpc) is 2.94. The third-order valence-corrected chi connectivity index (χ3v) is 7.00. The number of nitrogens with zero attached hydrogens (tertiary/aromatic N) is 2. The lowest BCUT2D eigenvalue weighted by Gasteiger charge is -2.40. The van der Waals surface area contributed by atoms with Gasteiger partial charge in [0.05, 0.1) is 11.6 Å². The van der Waals surface area contributed by atoms with Crippen LogP contribution in [0.25, 0.3) is 0 Å². The minimum atomic E-state index is -0.638. The fourth-order valence-corrected chi connectivity index (χ4v) is 4.05. The third-order valence-electron chi connectivity index (χ3n) is 7.00. The van der Waals surface area contributed by atoms with Gasteiger partial charge in [-0.15, -0.1) is 0 Å². The summed E-state index contributed by atoms with van der Waals surface area (Å²) < 4.78 is 48.7. The lowest BCUT2D eigenvalue weighted by atomic mass is 9.61. The normalized spacial score (nSPS) is 22.2. The molecule has 0 bridgehead atoms. The van der Waals surface area contributed by atoms with Crippen LogP contribution in [-0.2, 0) is 4.65 Å². The Kier molecular flexibility index (Phi) is 6.58. The summed E-state index contributed by atoms with van der Waals surface area (Å²) in [6, 6.07) is 3.91. The molecule has 174 valence electrons. The highest BCUT2D eigenvalue weighted by Gasteiger charge is 2.41. The van der Waals surface area contributed by atoms with Crippen LogP contribution in [0.2, 0.25) is 6.82 Å². The molecule has 1 fully saturated rings. The van der Waals surface area contributed by atoms with Crippen LogP contribution in [-0.4, -0.2) is 43.1 Å². The quantitative estimate of drug-likeness (QED) is 0.561. The number of carbonyl (C=O) groups excluding carboxylic acids is 1. The zero-order chi connectivity index (χ0) is 24.0. The van der Waals surface area contributed by atoms with Crippen molar-refractivity contribution >= 4 is 24.1 Å². The number of carbonyl (C=O) groups is 1. The molecule has 0 saturated carbocycles. The van der Waals surface area contributed by atoms with Gasteiger partial charge in [0.25, 0.3) is 0 Å². The SMILES string of the molecule is CB(OC(C)(C)C(C)(C)C)c1ccc(N2CC(C3C=C(F)C=C(F)C3)N(C)C2=O)cc1F. The first-order valence-electron chi connectivity index (χ1n) is 11.0. The number of hydrogen-bond acceptors (Lipinski definition) is 2. The number of allylic oxidation sites excluding steroid dienone is 3. The molecular weight excluding hydrogens is 416 g/mol. The molecule has 0 spiro atoms. The number of urea groups is 1. The molecule has 8 heteroatoms. The van der Waals surface area contributed by atoms with Gasteiger partial charge in [-0.2, -0.15) is 0 Å². The minimum Gasteiger partial charge on any atom is -0.426 e. The number of amides is 2. The van der Waals surface area contributed by atoms with E-state index in [9.17, 15) is 13.6 Å². The van der Waals surface area contributed by atoms with E-state index in [-0.39, 0.29) is 24.4 Å². The van der Waals surface area contributed by atoms with Crippen molar-refractivity contribution in [1.82, 2.24) is 4.90 Å². The second-order valence-electron chi connectivity index (χ2n) is 10.3. The first-order valence-corrected chi connectivity index (χ1v) is 11.0. The molecule has 0 N–H and O–H groups in total. The van der Waals surface area contributed by atoms with Crippen LogP contribution < -0.4 is 10.4 Å². The van der Waals surface area contributed by atoms with E-state index >= 15 is 4.39 Å². The summed E-state index contributed by atoms with van der Waals surface area (Å²) in [5.74, 6) is -2.12. The highest BCUT2D eigenvalue weighted by Crippen LogP contribution is 2.35. The molecule has 1 saturated heterocycles. The number of hydrogen-bond donors (Lipinski definition) is 0. The van der Waals surface area contributed by atoms with Gasteiger partial charge < -0.3 is 9.55 Å². The van der Waals surface area contributed by atoms with Crippen LogP contribution in [0.4, 0.5) is 23.7 Å². The van der Waals surface area contributed by atoms with E-state index < -0.39 is 41.9 Å². The molecule has 2 amide bonds. The van der Waals surface area contributed by atoms with Gasteiger partial charge >= 0.3 is 12.9 Å². The molecule has 1 aromatic rings. The summed E-state index contributed by atoms with van der Waals surface area (Å²) in [5.41, 5.74) is 0.197. The molecule has 2 atom stereocenters. The Bertz CT molecular complexity index is 955. The first-order chi connectivity index (χ1) is 14.7. The Morgan fingerprint density at radius 1 is 1.12 bits per heavy atom. The maximum absolute atomic E-state index is 15.1. The molecule has 2 aliphatic rings. The molecule has 1 heterocycles. The van der Waals surface area contributed by atoms with Crippen LogP contribution in [0, 0.1) is 17.2 Å². The van der Waals surface area contributed by atoms with E-state index in [4.69, 9.17) is 4.65 Å². The summed E-state index contributed by atoms with van der Waals surface area (Å²) >= 11 is 0. The molecule has 1 aliphatic heterocycles. The molecule has 3 rings (SSSR count). The van der Waals surface area contributed by atoms with Gasteiger partial charge in [0.2, 0.25) is 0 Å². The number of anilines is 1. The van der Waals surface area contributed by atoms with Crippen molar-refractivity contribution in [2.75, 3.05) is 18.5 Å². The Hall–Kier alpha value is -2.22. The van der Waals surface area contributed by atoms with Crippen LogP contribution >= 0.6 is 0 Å². The van der Waals surface area contributed by atoms with Crippen LogP contribution in [0.3, 0.4) is 0 Å². The lowest BCUT2D eigenvalue weighted by molar-refractivity contribution is 0.000352. The topological polar surface area (TPSA) is 32.8 Å². The van der Waals surface area contributed by atoms with Gasteiger partial charge in [-0.25, -0.2) is 18.0 Å². The summed E-state index contributed by atoms with van der Waals surface area (Å²) in [5, 5.41) is 0. The number of halogens is 3. The summed E-state index contributed by atoms with van der Waals surface area (Å²) in [6.07, 6.45) is 2.25. The van der Waals surface area contributed by atoms with Crippen molar-refractivity contribution in [1.29, 1.82) is 0 Å². The van der Waals surface area contributed by atoms with E-state index in [0.29, 0.717) is 11.2 Å². The second kappa shape index (κ2) is 8.62. The predicted molar refractivity (Wildman–Crippen MR) is 123 cm³/mol. The second-order valence-corrected chi connectivity index (χ2v) is 10.3. The Balaban J connectivity index is 1.79. The van der Waals surface area contributed by atoms with Gasteiger partial charge in [0.15, 0.2) is 0 Å². The van der Waals surface area contributed by atoms with E-state index in [1.54, 1.807) is 19.2 Å². The first kappa shape index (κ1) is 24.4. The monoisotopic (exact) mass is 448 g/mol. The van der Waals surface area contributed by atoms with E-state index in [2.05, 4.69) is 20.8 Å². The maximum atomic E-state index is 15.1. The lowest BCUT2D eigenvalue weighted by Crippen LogP contribution is -2.47. The summed E-state index contributed by atoms with van der Waals surface area (Å²) in [4.78, 5) is 15.7. The highest BCUT2D eigenvalue weighted by atomic mass is 19.1. The van der Waals surface area contributed by atoms with Gasteiger partial charge in [0, 0.05) is 37.7 Å². The van der Waals surface area contributed by atoms with Crippen LogP contribution in [0.5, 0.6) is 0 Å². The van der Waals surface area contributed by atoms with Gasteiger partial charge in [-0.05, 0) is 42.9 Å². The number of benzene rings is 1.